The molecule has 4 heterocycles. The lowest BCUT2D eigenvalue weighted by Gasteiger charge is -2.29. The van der Waals surface area contributed by atoms with E-state index in [1.165, 1.54) is 0 Å². The van der Waals surface area contributed by atoms with Crippen molar-refractivity contribution in [3.05, 3.63) is 232 Å². The molecule has 4 aromatic heterocycles. The summed E-state index contributed by atoms with van der Waals surface area (Å²) >= 11 is 3.12. The van der Waals surface area contributed by atoms with Crippen molar-refractivity contribution in [2.24, 2.45) is 0 Å². The number of hydrogen-bond acceptors (Lipinski definition) is 7. The summed E-state index contributed by atoms with van der Waals surface area (Å²) in [6.45, 7) is 16.7. The molecular weight excluding hydrogens is 1000 g/mol. The van der Waals surface area contributed by atoms with Crippen LogP contribution in [0.25, 0.3) is 58.6 Å². The number of aromatic nitrogens is 4. The number of benzene rings is 7. The fourth-order valence-corrected chi connectivity index (χ4v) is 14.0. The molecule has 0 unspecified atom stereocenters. The van der Waals surface area contributed by atoms with Crippen molar-refractivity contribution >= 4 is 101 Å². The van der Waals surface area contributed by atoms with E-state index in [4.69, 9.17) is 19.5 Å². The highest BCUT2D eigenvalue weighted by Crippen LogP contribution is 2.41. The fourth-order valence-electron chi connectivity index (χ4n) is 12.1. The quantitative estimate of drug-likeness (QED) is 0.0516. The number of thiazole rings is 2. The van der Waals surface area contributed by atoms with Crippen molar-refractivity contribution in [3.8, 4) is 23.1 Å². The molecule has 1 aliphatic rings. The average molecular weight is 1060 g/mol. The molecule has 0 N–H and O–H groups in total. The van der Waals surface area contributed by atoms with Gasteiger partial charge in [0.2, 0.25) is 5.70 Å². The maximum Gasteiger partial charge on any atom is 0.327 e. The van der Waals surface area contributed by atoms with Crippen molar-refractivity contribution in [1.29, 1.82) is 5.26 Å². The molecular formula is C67H59B2N7OS2. The average Bonchev–Trinajstić information content (AvgIpc) is 4.14. The van der Waals surface area contributed by atoms with E-state index in [0.29, 0.717) is 27.9 Å². The first kappa shape index (κ1) is 51.5. The minimum atomic E-state index is -0.447. The Morgan fingerprint density at radius 2 is 1.15 bits per heavy atom. The van der Waals surface area contributed by atoms with Gasteiger partial charge in [0.25, 0.3) is 0 Å². The van der Waals surface area contributed by atoms with E-state index in [1.54, 1.807) is 22.7 Å². The van der Waals surface area contributed by atoms with Gasteiger partial charge in [-0.05, 0) is 74.7 Å². The third-order valence-corrected chi connectivity index (χ3v) is 17.8. The highest BCUT2D eigenvalue weighted by molar-refractivity contribution is 7.20. The molecule has 7 aromatic carbocycles. The van der Waals surface area contributed by atoms with Crippen LogP contribution in [0.2, 0.25) is 0 Å². The molecule has 0 radical (unpaired) electrons. The molecule has 1 fully saturated rings. The number of para-hydroxylation sites is 2. The Morgan fingerprint density at radius 3 is 1.68 bits per heavy atom. The van der Waals surface area contributed by atoms with Crippen LogP contribution in [0.3, 0.4) is 0 Å². The highest BCUT2D eigenvalue weighted by atomic mass is 32.1. The Bertz CT molecular complexity index is 3910. The summed E-state index contributed by atoms with van der Waals surface area (Å²) in [5.41, 5.74) is 9.86. The van der Waals surface area contributed by atoms with Crippen molar-refractivity contribution in [2.45, 2.75) is 58.3 Å². The van der Waals surface area contributed by atoms with Gasteiger partial charge in [-0.1, -0.05) is 213 Å². The third-order valence-electron chi connectivity index (χ3n) is 15.7. The van der Waals surface area contributed by atoms with Crippen LogP contribution in [0, 0.1) is 17.9 Å². The van der Waals surface area contributed by atoms with E-state index in [1.807, 2.05) is 36.4 Å². The Morgan fingerprint density at radius 1 is 0.633 bits per heavy atom. The van der Waals surface area contributed by atoms with Crippen LogP contribution in [0.15, 0.2) is 194 Å². The molecule has 79 heavy (non-hydrogen) atoms. The Labute approximate surface area is 471 Å². The molecule has 0 spiro atoms. The number of hydrogen-bond donors (Lipinski definition) is 0. The minimum Gasteiger partial charge on any atom is -0.494 e. The van der Waals surface area contributed by atoms with Crippen molar-refractivity contribution in [3.63, 3.8) is 0 Å². The second-order valence-corrected chi connectivity index (χ2v) is 22.4. The topological polar surface area (TPSA) is 76.3 Å². The second kappa shape index (κ2) is 23.4. The SMILES string of the molecule is [C-]#[N+]/C(c1nc2ccccc2s1)=c1\c2c(C3CCCCC3)n(B(c3ccccc3)c3ccccc3)/c(=C(/C#N)c3nc4ccccc4s3)c2c(-c2cccc(OCCCN(CC)CC)c2)n1B(c1ccccc1)c1ccccc1. The zero-order chi connectivity index (χ0) is 53.7. The van der Waals surface area contributed by atoms with E-state index in [-0.39, 0.29) is 12.8 Å². The van der Waals surface area contributed by atoms with Gasteiger partial charge in [0.15, 0.2) is 0 Å². The molecule has 0 aliphatic heterocycles. The van der Waals surface area contributed by atoms with Gasteiger partial charge in [0, 0.05) is 39.6 Å². The summed E-state index contributed by atoms with van der Waals surface area (Å²) in [4.78, 5) is 17.9. The minimum absolute atomic E-state index is 0.0624. The van der Waals surface area contributed by atoms with E-state index in [0.717, 1.165) is 145 Å². The summed E-state index contributed by atoms with van der Waals surface area (Å²) in [6, 6.07) is 70.8. The predicted octanol–water partition coefficient (Wildman–Crippen LogP) is 11.6. The van der Waals surface area contributed by atoms with Crippen LogP contribution >= 0.6 is 22.7 Å². The summed E-state index contributed by atoms with van der Waals surface area (Å²) in [7, 11) is 0. The first-order valence-corrected chi connectivity index (χ1v) is 29.4. The lowest BCUT2D eigenvalue weighted by molar-refractivity contribution is 0.249. The Balaban J connectivity index is 1.36. The molecule has 386 valence electrons. The van der Waals surface area contributed by atoms with Crippen LogP contribution in [0.5, 0.6) is 5.75 Å². The van der Waals surface area contributed by atoms with Gasteiger partial charge in [-0.3, -0.25) is 0 Å². The van der Waals surface area contributed by atoms with Gasteiger partial charge in [-0.15, -0.1) is 22.7 Å². The van der Waals surface area contributed by atoms with Crippen LogP contribution in [-0.4, -0.2) is 63.8 Å². The van der Waals surface area contributed by atoms with E-state index in [2.05, 4.69) is 191 Å². The maximum absolute atomic E-state index is 12.3. The Kier molecular flexibility index (Phi) is 15.2. The molecule has 12 heteroatoms. The monoisotopic (exact) mass is 1060 g/mol. The van der Waals surface area contributed by atoms with Crippen LogP contribution in [-0.2, 0) is 0 Å². The molecule has 1 aliphatic carbocycles. The molecule has 0 amide bonds. The van der Waals surface area contributed by atoms with E-state index in [9.17, 15) is 11.8 Å². The van der Waals surface area contributed by atoms with Gasteiger partial charge in [-0.2, -0.15) is 5.26 Å². The molecule has 11 aromatic rings. The van der Waals surface area contributed by atoms with Gasteiger partial charge >= 0.3 is 13.7 Å². The summed E-state index contributed by atoms with van der Waals surface area (Å²) in [5, 5.41) is 17.0. The number of ether oxygens (including phenoxy) is 1. The van der Waals surface area contributed by atoms with Crippen molar-refractivity contribution < 1.29 is 4.74 Å². The zero-order valence-corrected chi connectivity index (χ0v) is 46.3. The third kappa shape index (κ3) is 10.0. The van der Waals surface area contributed by atoms with Gasteiger partial charge < -0.3 is 18.6 Å². The molecule has 0 atom stereocenters. The molecule has 8 nitrogen and oxygen atoms in total. The summed E-state index contributed by atoms with van der Waals surface area (Å²) in [5.74, 6) is 0.819. The first-order chi connectivity index (χ1) is 39.1. The fraction of sp³-hybridized carbons (Fsp3) is 0.194. The largest absolute Gasteiger partial charge is 0.494 e. The second-order valence-electron chi connectivity index (χ2n) is 20.4. The first-order valence-electron chi connectivity index (χ1n) is 27.8. The van der Waals surface area contributed by atoms with Crippen LogP contribution < -0.4 is 37.3 Å². The Hall–Kier alpha value is -8.25. The number of fused-ring (bicyclic) bond motifs is 3. The van der Waals surface area contributed by atoms with E-state index < -0.39 is 6.85 Å². The number of nitriles is 1. The highest BCUT2D eigenvalue weighted by Gasteiger charge is 2.39. The maximum atomic E-state index is 12.3. The van der Waals surface area contributed by atoms with Gasteiger partial charge in [-0.25, -0.2) is 14.8 Å². The molecule has 0 saturated heterocycles. The normalized spacial score (nSPS) is 13.6. The lowest BCUT2D eigenvalue weighted by Crippen LogP contribution is -2.55. The molecule has 0 bridgehead atoms. The van der Waals surface area contributed by atoms with Gasteiger partial charge in [0.05, 0.1) is 39.0 Å². The lowest BCUT2D eigenvalue weighted by atomic mass is 9.49. The molecule has 1 saturated carbocycles. The standard InChI is InChI=1S/C67H59B2N7OS2/c1-4-74(5-2)43-26-44-77-53-38-25-29-48(45-53)63-59-60(65(61(71-3)67-73-56-40-22-24-42-58(56)79-67)76(63)69(51-34-17-9-18-35-51)52-36-19-10-20-37-52)62(47-27-11-6-12-28-47)75(68(49-30-13-7-14-31-49)50-32-15-8-16-33-50)64(59)54(46-70)66-72-55-39-21-23-41-57(55)78-66/h7-10,13-25,29-42,45,47H,4-6,11-12,26-28,43-44H2,1-2H3/b64-54-,65-61+. The van der Waals surface area contributed by atoms with E-state index >= 15 is 0 Å². The van der Waals surface area contributed by atoms with Crippen LogP contribution in [0.4, 0.5) is 0 Å². The number of nitrogens with zero attached hydrogens (tertiary/aromatic N) is 7. The predicted molar refractivity (Wildman–Crippen MR) is 331 cm³/mol. The molecule has 12 rings (SSSR count). The smallest absolute Gasteiger partial charge is 0.327 e. The summed E-state index contributed by atoms with van der Waals surface area (Å²) in [6.07, 6.45) is 6.04. The van der Waals surface area contributed by atoms with Crippen molar-refractivity contribution in [2.75, 3.05) is 26.2 Å². The summed E-state index contributed by atoms with van der Waals surface area (Å²) < 4.78 is 13.8. The number of rotatable bonds is 17. The van der Waals surface area contributed by atoms with Crippen LogP contribution in [0.1, 0.15) is 74.0 Å². The van der Waals surface area contributed by atoms with Crippen molar-refractivity contribution in [1.82, 2.24) is 23.8 Å². The zero-order valence-electron chi connectivity index (χ0n) is 44.6. The van der Waals surface area contributed by atoms with Gasteiger partial charge in [0.1, 0.15) is 27.4 Å².